The van der Waals surface area contributed by atoms with Gasteiger partial charge in [0.1, 0.15) is 0 Å². The molecule has 0 saturated carbocycles. The van der Waals surface area contributed by atoms with E-state index in [9.17, 15) is 4.79 Å². The molecule has 5 heteroatoms. The lowest BCUT2D eigenvalue weighted by atomic mass is 10.2. The van der Waals surface area contributed by atoms with Crippen molar-refractivity contribution in [3.63, 3.8) is 0 Å². The van der Waals surface area contributed by atoms with Crippen molar-refractivity contribution in [3.8, 4) is 0 Å². The SMILES string of the molecule is CCOC(=O)CN(C)[C@@H](C)c1nc(C)sc1C. The van der Waals surface area contributed by atoms with Crippen LogP contribution in [-0.2, 0) is 9.53 Å². The monoisotopic (exact) mass is 256 g/mol. The molecule has 17 heavy (non-hydrogen) atoms. The molecule has 0 radical (unpaired) electrons. The van der Waals surface area contributed by atoms with Crippen LogP contribution in [0.15, 0.2) is 0 Å². The van der Waals surface area contributed by atoms with Gasteiger partial charge in [-0.1, -0.05) is 0 Å². The molecule has 0 bridgehead atoms. The highest BCUT2D eigenvalue weighted by Crippen LogP contribution is 2.25. The first kappa shape index (κ1) is 14.1. The highest BCUT2D eigenvalue weighted by Gasteiger charge is 2.19. The minimum absolute atomic E-state index is 0.129. The molecule has 0 amide bonds. The van der Waals surface area contributed by atoms with Gasteiger partial charge in [-0.3, -0.25) is 9.69 Å². The Morgan fingerprint density at radius 1 is 1.53 bits per heavy atom. The molecule has 0 unspecified atom stereocenters. The molecule has 0 aliphatic carbocycles. The summed E-state index contributed by atoms with van der Waals surface area (Å²) in [6.07, 6.45) is 0. The van der Waals surface area contributed by atoms with Gasteiger partial charge in [0.05, 0.1) is 29.9 Å². The molecule has 0 N–H and O–H groups in total. The number of aromatic nitrogens is 1. The maximum atomic E-state index is 11.4. The van der Waals surface area contributed by atoms with E-state index in [2.05, 4.69) is 18.8 Å². The van der Waals surface area contributed by atoms with Crippen LogP contribution < -0.4 is 0 Å². The number of aryl methyl sites for hydroxylation is 2. The van der Waals surface area contributed by atoms with E-state index in [1.165, 1.54) is 4.88 Å². The lowest BCUT2D eigenvalue weighted by Crippen LogP contribution is -2.30. The summed E-state index contributed by atoms with van der Waals surface area (Å²) in [4.78, 5) is 19.1. The zero-order valence-electron chi connectivity index (χ0n) is 11.1. The maximum absolute atomic E-state index is 11.4. The molecular formula is C12H20N2O2S. The van der Waals surface area contributed by atoms with Gasteiger partial charge in [-0.2, -0.15) is 0 Å². The second kappa shape index (κ2) is 6.12. The van der Waals surface area contributed by atoms with E-state index >= 15 is 0 Å². The largest absolute Gasteiger partial charge is 0.465 e. The molecular weight excluding hydrogens is 236 g/mol. The Balaban J connectivity index is 2.66. The molecule has 4 nitrogen and oxygen atoms in total. The first-order chi connectivity index (χ1) is 7.95. The lowest BCUT2D eigenvalue weighted by Gasteiger charge is -2.22. The van der Waals surface area contributed by atoms with Crippen molar-refractivity contribution < 1.29 is 9.53 Å². The van der Waals surface area contributed by atoms with Crippen LogP contribution in [0.1, 0.15) is 35.5 Å². The van der Waals surface area contributed by atoms with Gasteiger partial charge in [0, 0.05) is 4.88 Å². The number of ether oxygens (including phenoxy) is 1. The molecule has 0 aliphatic heterocycles. The molecule has 1 heterocycles. The summed E-state index contributed by atoms with van der Waals surface area (Å²) in [6, 6.07) is 0.129. The summed E-state index contributed by atoms with van der Waals surface area (Å²) < 4.78 is 4.94. The van der Waals surface area contributed by atoms with Crippen LogP contribution in [0.2, 0.25) is 0 Å². The minimum atomic E-state index is -0.188. The number of esters is 1. The quantitative estimate of drug-likeness (QED) is 0.758. The molecule has 1 aromatic heterocycles. The molecule has 0 aromatic carbocycles. The third-order valence-electron chi connectivity index (χ3n) is 2.68. The number of hydrogen-bond acceptors (Lipinski definition) is 5. The number of rotatable bonds is 5. The Kier molecular flexibility index (Phi) is 5.08. The molecule has 1 atom stereocenters. The zero-order chi connectivity index (χ0) is 13.0. The van der Waals surface area contributed by atoms with Gasteiger partial charge in [-0.05, 0) is 34.7 Å². The Hall–Kier alpha value is -0.940. The topological polar surface area (TPSA) is 42.4 Å². The average Bonchev–Trinajstić information content (AvgIpc) is 2.56. The Labute approximate surface area is 107 Å². The summed E-state index contributed by atoms with van der Waals surface area (Å²) in [5, 5.41) is 1.06. The zero-order valence-corrected chi connectivity index (χ0v) is 11.9. The van der Waals surface area contributed by atoms with Gasteiger partial charge < -0.3 is 4.74 Å². The van der Waals surface area contributed by atoms with E-state index < -0.39 is 0 Å². The van der Waals surface area contributed by atoms with Gasteiger partial charge in [0.15, 0.2) is 0 Å². The van der Waals surface area contributed by atoms with Crippen LogP contribution in [0.4, 0.5) is 0 Å². The van der Waals surface area contributed by atoms with E-state index in [0.29, 0.717) is 13.2 Å². The average molecular weight is 256 g/mol. The van der Waals surface area contributed by atoms with Crippen LogP contribution in [0, 0.1) is 13.8 Å². The molecule has 0 fully saturated rings. The summed E-state index contributed by atoms with van der Waals surface area (Å²) in [6.45, 7) is 8.66. The number of hydrogen-bond donors (Lipinski definition) is 0. The predicted octanol–water partition coefficient (Wildman–Crippen LogP) is 2.32. The Morgan fingerprint density at radius 3 is 2.65 bits per heavy atom. The summed E-state index contributed by atoms with van der Waals surface area (Å²) in [7, 11) is 1.91. The van der Waals surface area contributed by atoms with E-state index in [1.54, 1.807) is 11.3 Å². The molecule has 1 aromatic rings. The van der Waals surface area contributed by atoms with Gasteiger partial charge in [0.2, 0.25) is 0 Å². The summed E-state index contributed by atoms with van der Waals surface area (Å²) in [5.74, 6) is -0.188. The fourth-order valence-corrected chi connectivity index (χ4v) is 2.60. The van der Waals surface area contributed by atoms with Crippen LogP contribution in [0.25, 0.3) is 0 Å². The molecule has 0 spiro atoms. The molecule has 96 valence electrons. The highest BCUT2D eigenvalue weighted by atomic mass is 32.1. The third kappa shape index (κ3) is 3.78. The van der Waals surface area contributed by atoms with Crippen LogP contribution in [0.3, 0.4) is 0 Å². The summed E-state index contributed by atoms with van der Waals surface area (Å²) in [5.41, 5.74) is 1.05. The van der Waals surface area contributed by atoms with Crippen molar-refractivity contribution in [2.24, 2.45) is 0 Å². The normalized spacial score (nSPS) is 12.8. The van der Waals surface area contributed by atoms with Gasteiger partial charge in [0.25, 0.3) is 0 Å². The molecule has 1 rings (SSSR count). The second-order valence-corrected chi connectivity index (χ2v) is 5.48. The second-order valence-electron chi connectivity index (χ2n) is 4.07. The minimum Gasteiger partial charge on any atom is -0.465 e. The van der Waals surface area contributed by atoms with Crippen molar-refractivity contribution in [2.45, 2.75) is 33.7 Å². The number of likely N-dealkylation sites (N-methyl/N-ethyl adjacent to an activating group) is 1. The van der Waals surface area contributed by atoms with E-state index in [0.717, 1.165) is 10.7 Å². The maximum Gasteiger partial charge on any atom is 0.320 e. The number of carbonyl (C=O) groups is 1. The van der Waals surface area contributed by atoms with Gasteiger partial charge in [-0.25, -0.2) is 4.98 Å². The highest BCUT2D eigenvalue weighted by molar-refractivity contribution is 7.11. The van der Waals surface area contributed by atoms with Crippen molar-refractivity contribution in [3.05, 3.63) is 15.6 Å². The standard InChI is InChI=1S/C12H20N2O2S/c1-6-16-11(15)7-14(5)8(2)12-9(3)17-10(4)13-12/h8H,6-7H2,1-5H3/t8-/m0/s1. The number of carbonyl (C=O) groups excluding carboxylic acids is 1. The van der Waals surface area contributed by atoms with Crippen molar-refractivity contribution in [1.29, 1.82) is 0 Å². The smallest absolute Gasteiger partial charge is 0.320 e. The molecule has 0 aliphatic rings. The first-order valence-corrected chi connectivity index (χ1v) is 6.57. The van der Waals surface area contributed by atoms with Gasteiger partial charge in [-0.15, -0.1) is 11.3 Å². The fraction of sp³-hybridized carbons (Fsp3) is 0.667. The Bertz CT molecular complexity index is 390. The summed E-state index contributed by atoms with van der Waals surface area (Å²) >= 11 is 1.69. The number of nitrogens with zero attached hydrogens (tertiary/aromatic N) is 2. The van der Waals surface area contributed by atoms with E-state index in [1.807, 2.05) is 25.8 Å². The molecule has 0 saturated heterocycles. The third-order valence-corrected chi connectivity index (χ3v) is 3.58. The van der Waals surface area contributed by atoms with Crippen LogP contribution >= 0.6 is 11.3 Å². The Morgan fingerprint density at radius 2 is 2.18 bits per heavy atom. The van der Waals surface area contributed by atoms with Crippen molar-refractivity contribution in [1.82, 2.24) is 9.88 Å². The van der Waals surface area contributed by atoms with Crippen LogP contribution in [0.5, 0.6) is 0 Å². The first-order valence-electron chi connectivity index (χ1n) is 5.75. The van der Waals surface area contributed by atoms with Crippen molar-refractivity contribution >= 4 is 17.3 Å². The predicted molar refractivity (Wildman–Crippen MR) is 69.3 cm³/mol. The van der Waals surface area contributed by atoms with Crippen LogP contribution in [-0.4, -0.2) is 36.1 Å². The van der Waals surface area contributed by atoms with E-state index in [4.69, 9.17) is 4.74 Å². The number of thiazole rings is 1. The van der Waals surface area contributed by atoms with E-state index in [-0.39, 0.29) is 12.0 Å². The lowest BCUT2D eigenvalue weighted by molar-refractivity contribution is -0.144. The fourth-order valence-electron chi connectivity index (χ4n) is 1.69. The van der Waals surface area contributed by atoms with Crippen molar-refractivity contribution in [2.75, 3.05) is 20.2 Å². The van der Waals surface area contributed by atoms with Gasteiger partial charge >= 0.3 is 5.97 Å².